The number of hydrogen-bond donors (Lipinski definition) is 1. The Labute approximate surface area is 105 Å². The first-order chi connectivity index (χ1) is 8.22. The number of benzene rings is 1. The first-order valence-electron chi connectivity index (χ1n) is 6.68. The predicted octanol–water partition coefficient (Wildman–Crippen LogP) is 2.68. The third kappa shape index (κ3) is 2.88. The number of nitrogens with one attached hydrogen (secondary N) is 1. The fourth-order valence-electron chi connectivity index (χ4n) is 2.75. The molecule has 1 N–H and O–H groups in total. The van der Waals surface area contributed by atoms with Crippen molar-refractivity contribution >= 4 is 0 Å². The van der Waals surface area contributed by atoms with Crippen LogP contribution in [0, 0.1) is 5.92 Å². The number of hydrogen-bond acceptors (Lipinski definition) is 2. The summed E-state index contributed by atoms with van der Waals surface area (Å²) < 4.78 is 0. The normalized spacial score (nSPS) is 24.8. The zero-order valence-electron chi connectivity index (χ0n) is 11.2. The number of likely N-dealkylation sites (tertiary alicyclic amines) is 1. The Morgan fingerprint density at radius 3 is 2.59 bits per heavy atom. The van der Waals surface area contributed by atoms with E-state index in [0.717, 1.165) is 5.92 Å². The largest absolute Gasteiger partial charge is 0.317 e. The molecule has 1 aromatic rings. The molecule has 2 heteroatoms. The minimum Gasteiger partial charge on any atom is -0.317 e. The molecule has 94 valence electrons. The fourth-order valence-corrected chi connectivity index (χ4v) is 2.75. The van der Waals surface area contributed by atoms with Crippen molar-refractivity contribution < 1.29 is 0 Å². The maximum absolute atomic E-state index is 3.38. The van der Waals surface area contributed by atoms with E-state index in [1.54, 1.807) is 0 Å². The van der Waals surface area contributed by atoms with Crippen molar-refractivity contribution in [1.82, 2.24) is 10.2 Å². The molecule has 0 radical (unpaired) electrons. The van der Waals surface area contributed by atoms with Crippen molar-refractivity contribution in [1.29, 1.82) is 0 Å². The highest BCUT2D eigenvalue weighted by atomic mass is 15.2. The van der Waals surface area contributed by atoms with Gasteiger partial charge in [-0.15, -0.1) is 0 Å². The van der Waals surface area contributed by atoms with E-state index < -0.39 is 0 Å². The predicted molar refractivity (Wildman–Crippen MR) is 73.1 cm³/mol. The van der Waals surface area contributed by atoms with Crippen molar-refractivity contribution in [3.8, 4) is 0 Å². The summed E-state index contributed by atoms with van der Waals surface area (Å²) in [6.45, 7) is 7.06. The lowest BCUT2D eigenvalue weighted by atomic mass is 10.0. The molecule has 0 amide bonds. The smallest absolute Gasteiger partial charge is 0.0320 e. The monoisotopic (exact) mass is 232 g/mol. The lowest BCUT2D eigenvalue weighted by molar-refractivity contribution is 0.244. The van der Waals surface area contributed by atoms with E-state index in [-0.39, 0.29) is 0 Å². The van der Waals surface area contributed by atoms with Crippen molar-refractivity contribution in [2.45, 2.75) is 32.4 Å². The molecule has 0 spiro atoms. The van der Waals surface area contributed by atoms with Gasteiger partial charge in [0, 0.05) is 18.6 Å². The number of rotatable bonds is 4. The van der Waals surface area contributed by atoms with E-state index in [4.69, 9.17) is 0 Å². The van der Waals surface area contributed by atoms with Gasteiger partial charge in [0.1, 0.15) is 0 Å². The maximum atomic E-state index is 3.38. The van der Waals surface area contributed by atoms with E-state index in [1.165, 1.54) is 25.1 Å². The lowest BCUT2D eigenvalue weighted by Crippen LogP contribution is -2.33. The van der Waals surface area contributed by atoms with E-state index in [2.05, 4.69) is 61.4 Å². The fraction of sp³-hybridized carbons (Fsp3) is 0.600. The van der Waals surface area contributed by atoms with Crippen LogP contribution in [0.3, 0.4) is 0 Å². The number of nitrogens with zero attached hydrogens (tertiary/aromatic N) is 1. The average molecular weight is 232 g/mol. The van der Waals surface area contributed by atoms with Gasteiger partial charge in [0.25, 0.3) is 0 Å². The van der Waals surface area contributed by atoms with E-state index in [0.29, 0.717) is 12.1 Å². The van der Waals surface area contributed by atoms with Gasteiger partial charge >= 0.3 is 0 Å². The van der Waals surface area contributed by atoms with Gasteiger partial charge in [-0.2, -0.15) is 0 Å². The molecular weight excluding hydrogens is 208 g/mol. The van der Waals surface area contributed by atoms with Gasteiger partial charge in [0.2, 0.25) is 0 Å². The summed E-state index contributed by atoms with van der Waals surface area (Å²) in [5.74, 6) is 0.797. The summed E-state index contributed by atoms with van der Waals surface area (Å²) in [5, 5.41) is 3.38. The van der Waals surface area contributed by atoms with Crippen LogP contribution in [0.5, 0.6) is 0 Å². The van der Waals surface area contributed by atoms with E-state index >= 15 is 0 Å². The maximum Gasteiger partial charge on any atom is 0.0320 e. The molecule has 0 bridgehead atoms. The van der Waals surface area contributed by atoms with Gasteiger partial charge in [0.05, 0.1) is 0 Å². The Bertz CT molecular complexity index is 336. The summed E-state index contributed by atoms with van der Waals surface area (Å²) in [4.78, 5) is 2.60. The highest BCUT2D eigenvalue weighted by Crippen LogP contribution is 2.28. The molecule has 1 aliphatic heterocycles. The van der Waals surface area contributed by atoms with E-state index in [1.807, 2.05) is 0 Å². The quantitative estimate of drug-likeness (QED) is 0.858. The van der Waals surface area contributed by atoms with Crippen molar-refractivity contribution in [2.24, 2.45) is 5.92 Å². The molecule has 1 aromatic carbocycles. The van der Waals surface area contributed by atoms with Crippen molar-refractivity contribution in [2.75, 3.05) is 20.1 Å². The van der Waals surface area contributed by atoms with Gasteiger partial charge in [-0.1, -0.05) is 30.3 Å². The van der Waals surface area contributed by atoms with Crippen LogP contribution in [0.15, 0.2) is 30.3 Å². The second-order valence-electron chi connectivity index (χ2n) is 5.21. The zero-order valence-corrected chi connectivity index (χ0v) is 11.2. The van der Waals surface area contributed by atoms with Crippen molar-refractivity contribution in [3.63, 3.8) is 0 Å². The molecule has 17 heavy (non-hydrogen) atoms. The Kier molecular flexibility index (Phi) is 4.19. The second-order valence-corrected chi connectivity index (χ2v) is 5.21. The second kappa shape index (κ2) is 5.65. The molecular formula is C15H24N2. The molecule has 3 atom stereocenters. The molecule has 0 aliphatic carbocycles. The molecule has 1 fully saturated rings. The van der Waals surface area contributed by atoms with Gasteiger partial charge in [0.15, 0.2) is 0 Å². The molecule has 2 rings (SSSR count). The molecule has 1 saturated heterocycles. The topological polar surface area (TPSA) is 15.3 Å². The van der Waals surface area contributed by atoms with Gasteiger partial charge in [-0.25, -0.2) is 0 Å². The van der Waals surface area contributed by atoms with Crippen molar-refractivity contribution in [3.05, 3.63) is 35.9 Å². The Morgan fingerprint density at radius 2 is 1.94 bits per heavy atom. The Hall–Kier alpha value is -0.860. The first kappa shape index (κ1) is 12.6. The Balaban J connectivity index is 1.97. The SMILES string of the molecule is CN[C@@H](C)[C@@H]1CCN([C@@H](C)c2ccccc2)C1. The summed E-state index contributed by atoms with van der Waals surface area (Å²) in [6.07, 6.45) is 1.32. The third-order valence-corrected chi connectivity index (χ3v) is 4.25. The summed E-state index contributed by atoms with van der Waals surface area (Å²) in [6, 6.07) is 12.0. The highest BCUT2D eigenvalue weighted by molar-refractivity contribution is 5.18. The third-order valence-electron chi connectivity index (χ3n) is 4.25. The van der Waals surface area contributed by atoms with E-state index in [9.17, 15) is 0 Å². The summed E-state index contributed by atoms with van der Waals surface area (Å²) in [5.41, 5.74) is 1.44. The minimum atomic E-state index is 0.547. The molecule has 1 aliphatic rings. The molecule has 2 nitrogen and oxygen atoms in total. The van der Waals surface area contributed by atoms with Gasteiger partial charge in [-0.05, 0) is 45.3 Å². The molecule has 0 unspecified atom stereocenters. The van der Waals surface area contributed by atoms with Crippen LogP contribution < -0.4 is 5.32 Å². The van der Waals surface area contributed by atoms with Crippen LogP contribution in [-0.2, 0) is 0 Å². The van der Waals surface area contributed by atoms with Crippen LogP contribution in [-0.4, -0.2) is 31.1 Å². The molecule has 0 aromatic heterocycles. The van der Waals surface area contributed by atoms with Crippen LogP contribution in [0.2, 0.25) is 0 Å². The van der Waals surface area contributed by atoms with Crippen LogP contribution in [0.25, 0.3) is 0 Å². The average Bonchev–Trinajstić information content (AvgIpc) is 2.87. The molecule has 0 saturated carbocycles. The van der Waals surface area contributed by atoms with Gasteiger partial charge in [-0.3, -0.25) is 4.90 Å². The zero-order chi connectivity index (χ0) is 12.3. The van der Waals surface area contributed by atoms with Gasteiger partial charge < -0.3 is 5.32 Å². The summed E-state index contributed by atoms with van der Waals surface area (Å²) >= 11 is 0. The Morgan fingerprint density at radius 1 is 1.24 bits per heavy atom. The van der Waals surface area contributed by atoms with Crippen LogP contribution in [0.4, 0.5) is 0 Å². The highest BCUT2D eigenvalue weighted by Gasteiger charge is 2.29. The molecule has 1 heterocycles. The van der Waals surface area contributed by atoms with Crippen LogP contribution >= 0.6 is 0 Å². The minimum absolute atomic E-state index is 0.547. The summed E-state index contributed by atoms with van der Waals surface area (Å²) in [7, 11) is 2.06. The first-order valence-corrected chi connectivity index (χ1v) is 6.68. The lowest BCUT2D eigenvalue weighted by Gasteiger charge is -2.26. The van der Waals surface area contributed by atoms with Crippen LogP contribution in [0.1, 0.15) is 31.9 Å². The standard InChI is InChI=1S/C15H24N2/c1-12(16-3)15-9-10-17(11-15)13(2)14-7-5-4-6-8-14/h4-8,12-13,15-16H,9-11H2,1-3H3/t12-,13-,15+/m0/s1.